The van der Waals surface area contributed by atoms with Gasteiger partial charge in [0.2, 0.25) is 11.8 Å². The van der Waals surface area contributed by atoms with Gasteiger partial charge in [0.15, 0.2) is 0 Å². The topological polar surface area (TPSA) is 111 Å². The maximum absolute atomic E-state index is 11.9. The highest BCUT2D eigenvalue weighted by atomic mass is 16.5. The van der Waals surface area contributed by atoms with Crippen molar-refractivity contribution in [3.63, 3.8) is 0 Å². The Labute approximate surface area is 147 Å². The molecule has 1 aromatic heterocycles. The molecule has 8 nitrogen and oxygen atoms in total. The lowest BCUT2D eigenvalue weighted by Gasteiger charge is -2.22. The van der Waals surface area contributed by atoms with Crippen LogP contribution in [0.2, 0.25) is 0 Å². The molecule has 1 saturated carbocycles. The summed E-state index contributed by atoms with van der Waals surface area (Å²) in [7, 11) is 3.20. The molecule has 1 N–H and O–H groups in total. The molecule has 2 rings (SSSR count). The van der Waals surface area contributed by atoms with E-state index < -0.39 is 5.91 Å². The molecule has 1 fully saturated rings. The van der Waals surface area contributed by atoms with Crippen molar-refractivity contribution in [1.29, 1.82) is 0 Å². The summed E-state index contributed by atoms with van der Waals surface area (Å²) in [6, 6.07) is 0. The van der Waals surface area contributed by atoms with Crippen molar-refractivity contribution in [2.45, 2.75) is 63.7 Å². The van der Waals surface area contributed by atoms with Crippen molar-refractivity contribution in [3.8, 4) is 0 Å². The van der Waals surface area contributed by atoms with Gasteiger partial charge < -0.3 is 20.1 Å². The van der Waals surface area contributed by atoms with Crippen LogP contribution in [0.5, 0.6) is 0 Å². The van der Waals surface area contributed by atoms with Crippen molar-refractivity contribution in [2.24, 2.45) is 5.92 Å². The minimum atomic E-state index is -0.610. The Hall–Kier alpha value is -1.96. The molecule has 140 valence electrons. The fourth-order valence-electron chi connectivity index (χ4n) is 3.39. The molecule has 0 aliphatic heterocycles. The molecule has 0 bridgehead atoms. The summed E-state index contributed by atoms with van der Waals surface area (Å²) in [5.41, 5.74) is 1.40. The van der Waals surface area contributed by atoms with Crippen LogP contribution in [0.1, 0.15) is 80.2 Å². The summed E-state index contributed by atoms with van der Waals surface area (Å²) < 4.78 is 5.20. The van der Waals surface area contributed by atoms with Crippen molar-refractivity contribution in [2.75, 3.05) is 14.1 Å². The molecular weight excluding hydrogens is 324 g/mol. The quantitative estimate of drug-likeness (QED) is 0.721. The maximum atomic E-state index is 11.9. The van der Waals surface area contributed by atoms with E-state index in [1.807, 2.05) is 0 Å². The Morgan fingerprint density at radius 3 is 2.68 bits per heavy atom. The second-order valence-corrected chi connectivity index (χ2v) is 7.02. The SMILES string of the molecule is CN(C)C(=O)c1noc([C@H](CCCC2CCCCC2)CC(=O)N[O-])n1. The maximum Gasteiger partial charge on any atom is 0.294 e. The molecule has 2 amide bonds. The van der Waals surface area contributed by atoms with E-state index in [4.69, 9.17) is 4.52 Å². The minimum absolute atomic E-state index is 0.00798. The predicted molar refractivity (Wildman–Crippen MR) is 91.6 cm³/mol. The first-order valence-electron chi connectivity index (χ1n) is 8.97. The van der Waals surface area contributed by atoms with Gasteiger partial charge in [-0.25, -0.2) is 0 Å². The lowest BCUT2D eigenvalue weighted by molar-refractivity contribution is -0.120. The summed E-state index contributed by atoms with van der Waals surface area (Å²) >= 11 is 0. The Bertz CT molecular complexity index is 567. The van der Waals surface area contributed by atoms with Crippen molar-refractivity contribution in [1.82, 2.24) is 20.5 Å². The molecule has 1 heterocycles. The summed E-state index contributed by atoms with van der Waals surface area (Å²) in [4.78, 5) is 28.9. The molecular formula is C17H27N4O4-. The Morgan fingerprint density at radius 2 is 2.04 bits per heavy atom. The number of carbonyl (C=O) groups is 2. The predicted octanol–water partition coefficient (Wildman–Crippen LogP) is 2.61. The average molecular weight is 351 g/mol. The van der Waals surface area contributed by atoms with Gasteiger partial charge in [0.25, 0.3) is 11.7 Å². The van der Waals surface area contributed by atoms with Gasteiger partial charge in [0.1, 0.15) is 0 Å². The number of nitrogens with zero attached hydrogens (tertiary/aromatic N) is 3. The first kappa shape index (κ1) is 19.4. The first-order valence-corrected chi connectivity index (χ1v) is 8.97. The van der Waals surface area contributed by atoms with Crippen LogP contribution < -0.4 is 5.48 Å². The van der Waals surface area contributed by atoms with Gasteiger partial charge in [-0.3, -0.25) is 9.59 Å². The van der Waals surface area contributed by atoms with Gasteiger partial charge >= 0.3 is 0 Å². The van der Waals surface area contributed by atoms with Gasteiger partial charge in [-0.2, -0.15) is 4.98 Å². The number of hydrogen-bond donors (Lipinski definition) is 1. The third-order valence-corrected chi connectivity index (χ3v) is 4.82. The van der Waals surface area contributed by atoms with E-state index >= 15 is 0 Å². The third-order valence-electron chi connectivity index (χ3n) is 4.82. The van der Waals surface area contributed by atoms with Gasteiger partial charge in [0.05, 0.1) is 0 Å². The smallest absolute Gasteiger partial charge is 0.294 e. The summed E-state index contributed by atoms with van der Waals surface area (Å²) in [5.74, 6) is -0.340. The van der Waals surface area contributed by atoms with E-state index in [2.05, 4.69) is 10.1 Å². The lowest BCUT2D eigenvalue weighted by atomic mass is 9.84. The van der Waals surface area contributed by atoms with Crippen LogP contribution in [0.4, 0.5) is 0 Å². The highest BCUT2D eigenvalue weighted by Crippen LogP contribution is 2.31. The van der Waals surface area contributed by atoms with Gasteiger partial charge in [0, 0.05) is 26.4 Å². The minimum Gasteiger partial charge on any atom is -0.759 e. The van der Waals surface area contributed by atoms with Crippen molar-refractivity contribution >= 4 is 11.8 Å². The fraction of sp³-hybridized carbons (Fsp3) is 0.765. The molecule has 0 radical (unpaired) electrons. The summed E-state index contributed by atoms with van der Waals surface area (Å²) in [6.45, 7) is 0. The normalized spacial score (nSPS) is 16.4. The van der Waals surface area contributed by atoms with Crippen LogP contribution in [0.15, 0.2) is 4.52 Å². The number of hydrogen-bond acceptors (Lipinski definition) is 6. The molecule has 0 saturated heterocycles. The monoisotopic (exact) mass is 351 g/mol. The number of nitrogens with one attached hydrogen (secondary N) is 1. The van der Waals surface area contributed by atoms with E-state index in [0.29, 0.717) is 6.42 Å². The van der Waals surface area contributed by atoms with Gasteiger partial charge in [-0.15, -0.1) is 0 Å². The molecule has 0 unspecified atom stereocenters. The molecule has 8 heteroatoms. The molecule has 0 spiro atoms. The lowest BCUT2D eigenvalue weighted by Crippen LogP contribution is -2.23. The highest BCUT2D eigenvalue weighted by molar-refractivity contribution is 5.89. The van der Waals surface area contributed by atoms with Crippen LogP contribution >= 0.6 is 0 Å². The van der Waals surface area contributed by atoms with Gasteiger partial charge in [-0.05, 0) is 12.3 Å². The van der Waals surface area contributed by atoms with Crippen LogP contribution in [0, 0.1) is 11.1 Å². The zero-order chi connectivity index (χ0) is 18.2. The summed E-state index contributed by atoms with van der Waals surface area (Å²) in [6.07, 6.45) is 9.18. The van der Waals surface area contributed by atoms with E-state index in [-0.39, 0.29) is 30.0 Å². The van der Waals surface area contributed by atoms with E-state index in [1.165, 1.54) is 42.5 Å². The fourth-order valence-corrected chi connectivity index (χ4v) is 3.39. The van der Waals surface area contributed by atoms with E-state index in [1.54, 1.807) is 14.1 Å². The molecule has 0 aromatic carbocycles. The molecule has 1 aliphatic rings. The number of carbonyl (C=O) groups excluding carboxylic acids is 2. The second kappa shape index (κ2) is 9.50. The summed E-state index contributed by atoms with van der Waals surface area (Å²) in [5, 5.41) is 14.3. The van der Waals surface area contributed by atoms with E-state index in [0.717, 1.165) is 18.8 Å². The van der Waals surface area contributed by atoms with Crippen LogP contribution in [0.3, 0.4) is 0 Å². The standard InChI is InChI=1S/C17H27N4O4/c1-21(2)17(23)15-18-16(25-20-15)13(11-14(22)19-24)10-6-9-12-7-4-3-5-8-12/h12-13H,3-11H2,1-2H3,(H-,19,20,22,23,24)/q-1/t13-/m1/s1. The number of amides is 2. The van der Waals surface area contributed by atoms with Crippen LogP contribution in [0.25, 0.3) is 0 Å². The molecule has 1 atom stereocenters. The number of rotatable bonds is 8. The Balaban J connectivity index is 1.97. The second-order valence-electron chi connectivity index (χ2n) is 7.02. The largest absolute Gasteiger partial charge is 0.759 e. The zero-order valence-electron chi connectivity index (χ0n) is 15.0. The van der Waals surface area contributed by atoms with Crippen molar-refractivity contribution in [3.05, 3.63) is 16.9 Å². The van der Waals surface area contributed by atoms with Gasteiger partial charge in [-0.1, -0.05) is 50.1 Å². The number of aromatic nitrogens is 2. The third kappa shape index (κ3) is 5.81. The van der Waals surface area contributed by atoms with E-state index in [9.17, 15) is 14.8 Å². The highest BCUT2D eigenvalue weighted by Gasteiger charge is 2.25. The average Bonchev–Trinajstić information content (AvgIpc) is 3.10. The Kier molecular flexibility index (Phi) is 7.36. The molecule has 25 heavy (non-hydrogen) atoms. The van der Waals surface area contributed by atoms with Crippen LogP contribution in [-0.2, 0) is 4.79 Å². The zero-order valence-corrected chi connectivity index (χ0v) is 15.0. The first-order chi connectivity index (χ1) is 12.0. The molecule has 1 aliphatic carbocycles. The molecule has 1 aromatic rings. The van der Waals surface area contributed by atoms with Crippen molar-refractivity contribution < 1.29 is 14.1 Å². The number of hydroxylamine groups is 1. The van der Waals surface area contributed by atoms with Crippen LogP contribution in [-0.4, -0.2) is 41.0 Å². The Morgan fingerprint density at radius 1 is 1.32 bits per heavy atom.